The highest BCUT2D eigenvalue weighted by atomic mass is 32.2. The number of carboxylic acid groups (broad SMARTS) is 1. The minimum Gasteiger partial charge on any atom is -0.480 e. The van der Waals surface area contributed by atoms with Crippen molar-refractivity contribution in [3.63, 3.8) is 0 Å². The van der Waals surface area contributed by atoms with Gasteiger partial charge in [-0.2, -0.15) is 5.10 Å². The number of likely N-dealkylation sites (tertiary alicyclic amines) is 1. The molecule has 1 aromatic carbocycles. The van der Waals surface area contributed by atoms with Gasteiger partial charge in [-0.3, -0.25) is 9.59 Å². The third kappa shape index (κ3) is 4.08. The number of carbonyl (C=O) groups excluding carboxylic acids is 2. The van der Waals surface area contributed by atoms with Gasteiger partial charge in [0.2, 0.25) is 18.6 Å². The van der Waals surface area contributed by atoms with Crippen molar-refractivity contribution < 1.29 is 37.4 Å². The lowest BCUT2D eigenvalue weighted by Crippen LogP contribution is -2.66. The van der Waals surface area contributed by atoms with Gasteiger partial charge < -0.3 is 19.5 Å². The number of amides is 2. The van der Waals surface area contributed by atoms with Gasteiger partial charge in [0.25, 0.3) is 0 Å². The molecule has 30 heavy (non-hydrogen) atoms. The molecule has 2 aliphatic rings. The number of hydrazone groups is 1. The van der Waals surface area contributed by atoms with Crippen LogP contribution in [-0.4, -0.2) is 66.0 Å². The molecule has 3 atom stereocenters. The van der Waals surface area contributed by atoms with Crippen LogP contribution in [0.25, 0.3) is 0 Å². The molecule has 12 heteroatoms. The predicted octanol–water partition coefficient (Wildman–Crippen LogP) is -0.496. The third-order valence-electron chi connectivity index (χ3n) is 5.01. The highest BCUT2D eigenvalue weighted by molar-refractivity contribution is 7.75. The van der Waals surface area contributed by atoms with E-state index in [0.717, 1.165) is 18.0 Å². The monoisotopic (exact) mass is 439 g/mol. The summed E-state index contributed by atoms with van der Waals surface area (Å²) >= 11 is 0. The van der Waals surface area contributed by atoms with Gasteiger partial charge in [0, 0.05) is 18.7 Å². The zero-order valence-electron chi connectivity index (χ0n) is 16.2. The number of hydrogen-bond acceptors (Lipinski definition) is 8. The van der Waals surface area contributed by atoms with Crippen LogP contribution in [0.15, 0.2) is 23.3 Å². The highest BCUT2D eigenvalue weighted by Crippen LogP contribution is 2.32. The molecule has 1 aromatic rings. The Bertz CT molecular complexity index is 984. The summed E-state index contributed by atoms with van der Waals surface area (Å²) in [5.41, 5.74) is 2.81. The first-order chi connectivity index (χ1) is 14.1. The zero-order valence-corrected chi connectivity index (χ0v) is 17.1. The fraction of sp³-hybridized carbons (Fsp3) is 0.444. The number of nitrogens with one attached hydrogen (secondary N) is 1. The van der Waals surface area contributed by atoms with Crippen molar-refractivity contribution in [2.45, 2.75) is 43.5 Å². The van der Waals surface area contributed by atoms with E-state index >= 15 is 0 Å². The number of hydrogen-bond donors (Lipinski definition) is 3. The first-order valence-corrected chi connectivity index (χ1v) is 10.2. The summed E-state index contributed by atoms with van der Waals surface area (Å²) in [6.07, 6.45) is 0.907. The molecule has 2 heterocycles. The smallest absolute Gasteiger partial charge is 0.328 e. The maximum atomic E-state index is 12.1. The van der Waals surface area contributed by atoms with Gasteiger partial charge in [0.05, 0.1) is 6.42 Å². The molecule has 162 valence electrons. The van der Waals surface area contributed by atoms with E-state index in [0.29, 0.717) is 17.1 Å². The average Bonchev–Trinajstić information content (AvgIpc) is 3.13. The van der Waals surface area contributed by atoms with E-state index in [4.69, 9.17) is 9.47 Å². The van der Waals surface area contributed by atoms with Crippen LogP contribution in [0.5, 0.6) is 11.5 Å². The molecular formula is C18H21N3O8S. The van der Waals surface area contributed by atoms with Gasteiger partial charge in [-0.1, -0.05) is 6.07 Å². The Morgan fingerprint density at radius 2 is 2.10 bits per heavy atom. The van der Waals surface area contributed by atoms with Gasteiger partial charge in [-0.15, -0.1) is 0 Å². The highest BCUT2D eigenvalue weighted by Gasteiger charge is 2.52. The van der Waals surface area contributed by atoms with Crippen LogP contribution >= 0.6 is 0 Å². The number of fused-ring (bicyclic) bond motifs is 1. The van der Waals surface area contributed by atoms with Gasteiger partial charge in [-0.25, -0.2) is 18.6 Å². The number of rotatable bonds is 8. The summed E-state index contributed by atoms with van der Waals surface area (Å²) in [6.45, 7) is 2.87. The van der Waals surface area contributed by atoms with Gasteiger partial charge >= 0.3 is 5.97 Å². The Balaban J connectivity index is 1.71. The molecule has 0 spiro atoms. The Labute approximate surface area is 173 Å². The maximum Gasteiger partial charge on any atom is 0.328 e. The molecule has 2 amide bonds. The zero-order chi connectivity index (χ0) is 22.1. The molecule has 2 N–H and O–H groups in total. The Morgan fingerprint density at radius 3 is 2.70 bits per heavy atom. The van der Waals surface area contributed by atoms with Crippen LogP contribution < -0.4 is 14.9 Å². The van der Waals surface area contributed by atoms with Crippen molar-refractivity contribution in [2.75, 3.05) is 6.79 Å². The van der Waals surface area contributed by atoms with Crippen LogP contribution in [0.1, 0.15) is 25.8 Å². The van der Waals surface area contributed by atoms with Crippen molar-refractivity contribution in [3.05, 3.63) is 23.8 Å². The number of β-lactam (4-membered cyclic amide) rings is 1. The molecule has 0 radical (unpaired) electrons. The van der Waals surface area contributed by atoms with Crippen molar-refractivity contribution in [3.8, 4) is 11.5 Å². The van der Waals surface area contributed by atoms with Crippen LogP contribution in [0.4, 0.5) is 0 Å². The van der Waals surface area contributed by atoms with Crippen LogP contribution in [0, 0.1) is 0 Å². The topological polar surface area (TPSA) is 152 Å². The van der Waals surface area contributed by atoms with Crippen LogP contribution in [-0.2, 0) is 31.5 Å². The molecule has 1 fully saturated rings. The fourth-order valence-electron chi connectivity index (χ4n) is 3.37. The number of benzene rings is 1. The number of aliphatic carboxylic acids is 1. The first kappa shape index (κ1) is 21.6. The maximum absolute atomic E-state index is 12.1. The molecule has 0 aromatic heterocycles. The predicted molar refractivity (Wildman–Crippen MR) is 104 cm³/mol. The molecular weight excluding hydrogens is 418 g/mol. The lowest BCUT2D eigenvalue weighted by atomic mass is 9.92. The summed E-state index contributed by atoms with van der Waals surface area (Å²) < 4.78 is 32.2. The lowest BCUT2D eigenvalue weighted by Gasteiger charge is -2.45. The van der Waals surface area contributed by atoms with E-state index in [2.05, 4.69) is 10.5 Å². The molecule has 0 unspecified atom stereocenters. The van der Waals surface area contributed by atoms with Gasteiger partial charge in [0.15, 0.2) is 28.2 Å². The van der Waals surface area contributed by atoms with Gasteiger partial charge in [0.1, 0.15) is 4.75 Å². The summed E-state index contributed by atoms with van der Waals surface area (Å²) in [5, 5.41) is 13.2. The molecule has 1 saturated heterocycles. The number of nitrogens with zero attached hydrogens (tertiary/aromatic N) is 2. The summed E-state index contributed by atoms with van der Waals surface area (Å²) in [4.78, 5) is 36.8. The molecule has 0 saturated carbocycles. The Kier molecular flexibility index (Phi) is 5.97. The number of ether oxygens (including phenoxy) is 2. The standard InChI is InChI=1S/C18H21N3O8S/c1-10-5-15(23)21(10)16(17(24)25)18(2,30(26)27)8-19-20-14(22)7-11-3-4-12-13(6-11)29-9-28-12/h3-4,6,8,10,16,30H,5,7,9H2,1-2H3,(H,20,22)(H,24,25)/b19-8+/t10-,16+,18+/m1/s1. The second kappa shape index (κ2) is 8.30. The molecule has 0 aliphatic carbocycles. The molecule has 2 aliphatic heterocycles. The van der Waals surface area contributed by atoms with Crippen molar-refractivity contribution >= 4 is 34.7 Å². The summed E-state index contributed by atoms with van der Waals surface area (Å²) in [7, 11) is -3.35. The van der Waals surface area contributed by atoms with Crippen molar-refractivity contribution in [1.82, 2.24) is 10.3 Å². The van der Waals surface area contributed by atoms with Gasteiger partial charge in [-0.05, 0) is 31.5 Å². The first-order valence-electron chi connectivity index (χ1n) is 9.03. The second-order valence-corrected chi connectivity index (χ2v) is 8.71. The minimum atomic E-state index is -3.35. The normalized spacial score (nSPS) is 20.7. The molecule has 11 nitrogen and oxygen atoms in total. The lowest BCUT2D eigenvalue weighted by molar-refractivity contribution is -0.161. The number of thiol groups is 1. The average molecular weight is 439 g/mol. The van der Waals surface area contributed by atoms with E-state index in [9.17, 15) is 27.9 Å². The summed E-state index contributed by atoms with van der Waals surface area (Å²) in [6, 6.07) is 2.90. The quantitative estimate of drug-likeness (QED) is 0.212. The summed E-state index contributed by atoms with van der Waals surface area (Å²) in [5.74, 6) is -1.40. The SMILES string of the molecule is C[C@@H]1CC(=O)N1[C@@H](C(=O)O)[C@](C)(/C=N/NC(=O)Cc1ccc2c(c1)OCO2)[SH](=O)=O. The minimum absolute atomic E-state index is 0.0712. The van der Waals surface area contributed by atoms with E-state index in [1.54, 1.807) is 25.1 Å². The number of carboxylic acids is 1. The van der Waals surface area contributed by atoms with Crippen LogP contribution in [0.3, 0.4) is 0 Å². The van der Waals surface area contributed by atoms with E-state index in [1.165, 1.54) is 0 Å². The molecule has 0 bridgehead atoms. The van der Waals surface area contributed by atoms with E-state index in [-0.39, 0.29) is 19.6 Å². The van der Waals surface area contributed by atoms with Crippen molar-refractivity contribution in [1.29, 1.82) is 0 Å². The third-order valence-corrected chi connectivity index (χ3v) is 6.16. The second-order valence-electron chi connectivity index (χ2n) is 7.24. The van der Waals surface area contributed by atoms with E-state index < -0.39 is 45.3 Å². The Morgan fingerprint density at radius 1 is 1.40 bits per heavy atom. The van der Waals surface area contributed by atoms with E-state index in [1.807, 2.05) is 0 Å². The fourth-order valence-corrected chi connectivity index (χ4v) is 3.95. The van der Waals surface area contributed by atoms with Crippen molar-refractivity contribution in [2.24, 2.45) is 5.10 Å². The van der Waals surface area contributed by atoms with Crippen LogP contribution in [0.2, 0.25) is 0 Å². The molecule has 3 rings (SSSR count). The Hall–Kier alpha value is -3.15. The number of carbonyl (C=O) groups is 3. The largest absolute Gasteiger partial charge is 0.480 e.